The van der Waals surface area contributed by atoms with E-state index >= 15 is 0 Å². The van der Waals surface area contributed by atoms with Gasteiger partial charge in [0, 0.05) is 27.4 Å². The summed E-state index contributed by atoms with van der Waals surface area (Å²) in [5.41, 5.74) is 9.30. The number of hydrogen-bond acceptors (Lipinski definition) is 2. The molecule has 16 aliphatic carbocycles. The molecule has 18 rings (SSSR count). The van der Waals surface area contributed by atoms with Crippen molar-refractivity contribution in [2.45, 2.75) is 209 Å². The van der Waals surface area contributed by atoms with Crippen LogP contribution in [0.4, 0.5) is 0 Å². The predicted molar refractivity (Wildman–Crippen MR) is 219 cm³/mol. The van der Waals surface area contributed by atoms with Crippen LogP contribution in [0.3, 0.4) is 0 Å². The predicted octanol–water partition coefficient (Wildman–Crippen LogP) is 12.8. The Kier molecular flexibility index (Phi) is 6.77. The summed E-state index contributed by atoms with van der Waals surface area (Å²) in [6.07, 6.45) is 36.8. The van der Waals surface area contributed by atoms with Crippen molar-refractivity contribution in [3.8, 4) is 5.75 Å². The third-order valence-corrected chi connectivity index (χ3v) is 21.4. The van der Waals surface area contributed by atoms with E-state index in [0.717, 1.165) is 77.6 Å². The van der Waals surface area contributed by atoms with Crippen molar-refractivity contribution in [1.82, 2.24) is 0 Å². The first-order chi connectivity index (χ1) is 26.5. The van der Waals surface area contributed by atoms with Crippen LogP contribution in [-0.2, 0) is 26.4 Å². The van der Waals surface area contributed by atoms with Crippen molar-refractivity contribution in [3.63, 3.8) is 0 Å². The van der Waals surface area contributed by atoms with E-state index in [1.165, 1.54) is 116 Å². The summed E-state index contributed by atoms with van der Waals surface area (Å²) in [7, 11) is 0. The van der Waals surface area contributed by atoms with Gasteiger partial charge in [-0.2, -0.15) is 0 Å². The third-order valence-electron chi connectivity index (χ3n) is 21.4. The summed E-state index contributed by atoms with van der Waals surface area (Å²) in [6, 6.07) is 3.22. The highest BCUT2D eigenvalue weighted by molar-refractivity contribution is 5.63. The molecule has 0 radical (unpaired) electrons. The van der Waals surface area contributed by atoms with Gasteiger partial charge in [-0.15, -0.1) is 0 Å². The fourth-order valence-corrected chi connectivity index (χ4v) is 21.5. The highest BCUT2D eigenvalue weighted by atomic mass is 16.6. The second kappa shape index (κ2) is 11.0. The van der Waals surface area contributed by atoms with E-state index in [2.05, 4.69) is 26.8 Å². The minimum Gasteiger partial charge on any atom is -0.486 e. The van der Waals surface area contributed by atoms with E-state index < -0.39 is 0 Å². The molecule has 1 heterocycles. The maximum absolute atomic E-state index is 8.43. The van der Waals surface area contributed by atoms with Crippen molar-refractivity contribution in [3.05, 3.63) is 28.3 Å². The Morgan fingerprint density at radius 2 is 0.709 bits per heavy atom. The Morgan fingerprint density at radius 3 is 0.945 bits per heavy atom. The van der Waals surface area contributed by atoms with Gasteiger partial charge < -0.3 is 9.47 Å². The van der Waals surface area contributed by atoms with Crippen molar-refractivity contribution < 1.29 is 9.47 Å². The Balaban J connectivity index is 1.09. The summed E-state index contributed by atoms with van der Waals surface area (Å²) in [5, 5.41) is 0. The summed E-state index contributed by atoms with van der Waals surface area (Å²) in [5.74, 6) is 13.2. The summed E-state index contributed by atoms with van der Waals surface area (Å²) in [4.78, 5) is 0. The standard InChI is InChI=1S/C53H74O2/c1-49(2,3)48(44-29-54-44)55-47-45(52-23-36-10-37(24-52)12-38(11-36)25-52)42(50-17-30-4-31(18-50)6-32(5-30)19-50)16-43(51-20-33-7-34(21-51)9-35(8-33)22-51)46(47)53-26-39-13-40(27-53)15-41(14-39)28-53/h16,30-41,44,48H,4-15,17-29H2,1-3H3. The molecule has 55 heavy (non-hydrogen) atoms. The van der Waals surface area contributed by atoms with Crippen LogP contribution >= 0.6 is 0 Å². The molecular formula is C53H74O2. The second-order valence-corrected chi connectivity index (χ2v) is 26.6. The van der Waals surface area contributed by atoms with Crippen LogP contribution in [0.1, 0.15) is 197 Å². The molecule has 16 saturated carbocycles. The lowest BCUT2D eigenvalue weighted by atomic mass is 9.41. The SMILES string of the molecule is CC(C)(C)C(Oc1c(C23CC4CC(CC(C4)C2)C3)c(C23CC4CC(CC(C4)C2)C3)cc(C23CC4CC(CC(C4)C2)C3)c1C12CC3CC(CC(C3)C1)C2)C1CO1. The van der Waals surface area contributed by atoms with E-state index in [4.69, 9.17) is 9.47 Å². The average molecular weight is 743 g/mol. The monoisotopic (exact) mass is 743 g/mol. The first kappa shape index (κ1) is 33.8. The fraction of sp³-hybridized carbons (Fsp3) is 0.887. The van der Waals surface area contributed by atoms with Crippen LogP contribution in [0, 0.1) is 76.4 Å². The van der Waals surface area contributed by atoms with Crippen LogP contribution in [0.25, 0.3) is 0 Å². The van der Waals surface area contributed by atoms with Crippen molar-refractivity contribution in [2.24, 2.45) is 76.4 Å². The summed E-state index contributed by atoms with van der Waals surface area (Å²) in [6.45, 7) is 8.39. The molecule has 17 aliphatic rings. The fourth-order valence-electron chi connectivity index (χ4n) is 21.5. The molecule has 1 aromatic rings. The molecule has 1 aliphatic heterocycles. The topological polar surface area (TPSA) is 21.8 Å². The smallest absolute Gasteiger partial charge is 0.132 e. The van der Waals surface area contributed by atoms with Gasteiger partial charge in [-0.3, -0.25) is 0 Å². The van der Waals surface area contributed by atoms with E-state index in [1.54, 1.807) is 44.3 Å². The number of ether oxygens (including phenoxy) is 2. The first-order valence-corrected chi connectivity index (χ1v) is 25.0. The molecule has 2 heteroatoms. The lowest BCUT2D eigenvalue weighted by Crippen LogP contribution is -2.55. The van der Waals surface area contributed by atoms with Crippen molar-refractivity contribution in [2.75, 3.05) is 6.61 Å². The lowest BCUT2D eigenvalue weighted by molar-refractivity contribution is -0.0277. The van der Waals surface area contributed by atoms with Crippen LogP contribution in [0.5, 0.6) is 5.75 Å². The van der Waals surface area contributed by atoms with Gasteiger partial charge in [0.1, 0.15) is 18.0 Å². The lowest BCUT2D eigenvalue weighted by Gasteiger charge is -2.64. The van der Waals surface area contributed by atoms with Gasteiger partial charge >= 0.3 is 0 Å². The van der Waals surface area contributed by atoms with Crippen LogP contribution in [-0.4, -0.2) is 18.8 Å². The quantitative estimate of drug-likeness (QED) is 0.260. The minimum atomic E-state index is 0.0518. The maximum Gasteiger partial charge on any atom is 0.132 e. The minimum absolute atomic E-state index is 0.0518. The molecule has 0 spiro atoms. The highest BCUT2D eigenvalue weighted by Gasteiger charge is 2.63. The average Bonchev–Trinajstić information content (AvgIpc) is 3.92. The summed E-state index contributed by atoms with van der Waals surface area (Å²) >= 11 is 0. The molecule has 0 amide bonds. The molecule has 298 valence electrons. The van der Waals surface area contributed by atoms with Gasteiger partial charge in [0.05, 0.1) is 6.61 Å². The number of hydrogen-bond donors (Lipinski definition) is 0. The molecule has 2 atom stereocenters. The third kappa shape index (κ3) is 4.88. The molecule has 17 fully saturated rings. The number of epoxide rings is 1. The van der Waals surface area contributed by atoms with Gasteiger partial charge in [-0.25, -0.2) is 0 Å². The van der Waals surface area contributed by atoms with Gasteiger partial charge in [0.25, 0.3) is 0 Å². The first-order valence-electron chi connectivity index (χ1n) is 25.0. The van der Waals surface area contributed by atoms with Crippen LogP contribution in [0.15, 0.2) is 6.07 Å². The molecule has 2 nitrogen and oxygen atoms in total. The molecule has 0 N–H and O–H groups in total. The zero-order valence-corrected chi connectivity index (χ0v) is 35.2. The highest BCUT2D eigenvalue weighted by Crippen LogP contribution is 2.72. The Hall–Kier alpha value is -1.02. The molecule has 1 aromatic carbocycles. The molecule has 2 unspecified atom stereocenters. The van der Waals surface area contributed by atoms with Gasteiger partial charge in [-0.1, -0.05) is 26.8 Å². The molecule has 0 aromatic heterocycles. The maximum atomic E-state index is 8.43. The molecular weight excluding hydrogens is 669 g/mol. The van der Waals surface area contributed by atoms with Gasteiger partial charge in [-0.05, 0) is 247 Å². The second-order valence-electron chi connectivity index (χ2n) is 26.6. The number of benzene rings is 1. The normalized spacial score (nSPS) is 54.8. The van der Waals surface area contributed by atoms with E-state index in [1.807, 2.05) is 22.3 Å². The van der Waals surface area contributed by atoms with Gasteiger partial charge in [0.15, 0.2) is 0 Å². The Bertz CT molecular complexity index is 1530. The van der Waals surface area contributed by atoms with E-state index in [9.17, 15) is 0 Å². The Morgan fingerprint density at radius 1 is 0.455 bits per heavy atom. The molecule has 1 saturated heterocycles. The number of rotatable bonds is 7. The van der Waals surface area contributed by atoms with E-state index in [-0.39, 0.29) is 17.6 Å². The van der Waals surface area contributed by atoms with Crippen LogP contribution < -0.4 is 4.74 Å². The van der Waals surface area contributed by atoms with Crippen molar-refractivity contribution >= 4 is 0 Å². The largest absolute Gasteiger partial charge is 0.486 e. The van der Waals surface area contributed by atoms with Crippen molar-refractivity contribution in [1.29, 1.82) is 0 Å². The Labute approximate surface area is 334 Å². The van der Waals surface area contributed by atoms with E-state index in [0.29, 0.717) is 21.7 Å². The van der Waals surface area contributed by atoms with Gasteiger partial charge in [0.2, 0.25) is 0 Å². The zero-order chi connectivity index (χ0) is 36.3. The molecule has 16 bridgehead atoms. The van der Waals surface area contributed by atoms with Crippen LogP contribution in [0.2, 0.25) is 0 Å². The zero-order valence-electron chi connectivity index (χ0n) is 35.2. The summed E-state index contributed by atoms with van der Waals surface area (Å²) < 4.78 is 14.8.